The van der Waals surface area contributed by atoms with Crippen LogP contribution in [-0.2, 0) is 9.59 Å². The molecular weight excluding hydrogens is 444 g/mol. The third kappa shape index (κ3) is 4.82. The van der Waals surface area contributed by atoms with Crippen molar-refractivity contribution in [1.82, 2.24) is 10.3 Å². The van der Waals surface area contributed by atoms with Gasteiger partial charge >= 0.3 is 0 Å². The molecule has 0 spiro atoms. The number of pyridine rings is 1. The fourth-order valence-corrected chi connectivity index (χ4v) is 4.76. The topological polar surface area (TPSA) is 91.8 Å². The zero-order valence-electron chi connectivity index (χ0n) is 19.7. The summed E-state index contributed by atoms with van der Waals surface area (Å²) in [6.45, 7) is 1.70. The van der Waals surface area contributed by atoms with Crippen LogP contribution in [-0.4, -0.2) is 49.4 Å². The van der Waals surface area contributed by atoms with Crippen molar-refractivity contribution in [3.63, 3.8) is 0 Å². The Balaban J connectivity index is 1.19. The minimum absolute atomic E-state index is 0.0289. The second-order valence-electron chi connectivity index (χ2n) is 9.06. The summed E-state index contributed by atoms with van der Waals surface area (Å²) in [5, 5.41) is 3.83. The maximum Gasteiger partial charge on any atom is 0.251 e. The number of benzene rings is 2. The van der Waals surface area contributed by atoms with Gasteiger partial charge in [-0.15, -0.1) is 0 Å². The number of carbonyl (C=O) groups excluding carboxylic acids is 3. The van der Waals surface area contributed by atoms with Crippen LogP contribution < -0.4 is 19.9 Å². The van der Waals surface area contributed by atoms with E-state index in [0.717, 1.165) is 41.7 Å². The van der Waals surface area contributed by atoms with E-state index < -0.39 is 0 Å². The number of aromatic nitrogens is 1. The van der Waals surface area contributed by atoms with Crippen molar-refractivity contribution in [3.05, 3.63) is 60.2 Å². The Labute approximate surface area is 203 Å². The number of anilines is 2. The number of rotatable bonds is 6. The summed E-state index contributed by atoms with van der Waals surface area (Å²) in [7, 11) is 1.57. The van der Waals surface area contributed by atoms with Crippen molar-refractivity contribution < 1.29 is 19.1 Å². The quantitative estimate of drug-likeness (QED) is 0.593. The number of carbonyl (C=O) groups is 3. The fraction of sp³-hybridized carbons (Fsp3) is 0.333. The van der Waals surface area contributed by atoms with Gasteiger partial charge in [-0.3, -0.25) is 14.4 Å². The molecule has 5 rings (SSSR count). The first kappa shape index (κ1) is 22.8. The predicted molar refractivity (Wildman–Crippen MR) is 134 cm³/mol. The van der Waals surface area contributed by atoms with E-state index in [4.69, 9.17) is 4.74 Å². The number of fused-ring (bicyclic) bond motifs is 1. The molecule has 3 heterocycles. The number of amides is 3. The van der Waals surface area contributed by atoms with Gasteiger partial charge in [0, 0.05) is 66.8 Å². The van der Waals surface area contributed by atoms with E-state index in [1.807, 2.05) is 35.2 Å². The number of hydrogen-bond donors (Lipinski definition) is 1. The van der Waals surface area contributed by atoms with Crippen LogP contribution in [0, 0.1) is 5.92 Å². The summed E-state index contributed by atoms with van der Waals surface area (Å²) in [5.41, 5.74) is 2.99. The van der Waals surface area contributed by atoms with Gasteiger partial charge in [-0.1, -0.05) is 0 Å². The fourth-order valence-electron chi connectivity index (χ4n) is 4.76. The third-order valence-electron chi connectivity index (χ3n) is 6.69. The molecule has 3 amide bonds. The smallest absolute Gasteiger partial charge is 0.251 e. The Morgan fingerprint density at radius 3 is 2.51 bits per heavy atom. The number of ether oxygens (including phenoxy) is 1. The highest BCUT2D eigenvalue weighted by atomic mass is 16.5. The molecule has 1 N–H and O–H groups in total. The van der Waals surface area contributed by atoms with Crippen molar-refractivity contribution in [3.8, 4) is 5.88 Å². The molecule has 1 unspecified atom stereocenters. The molecule has 2 aliphatic rings. The molecule has 8 heteroatoms. The lowest BCUT2D eigenvalue weighted by Crippen LogP contribution is -2.35. The molecule has 8 nitrogen and oxygen atoms in total. The molecule has 3 aromatic rings. The Kier molecular flexibility index (Phi) is 6.35. The predicted octanol–water partition coefficient (Wildman–Crippen LogP) is 3.54. The highest BCUT2D eigenvalue weighted by Gasteiger charge is 2.31. The van der Waals surface area contributed by atoms with Crippen LogP contribution in [0.3, 0.4) is 0 Å². The van der Waals surface area contributed by atoms with Crippen molar-refractivity contribution in [2.75, 3.05) is 36.5 Å². The molecular formula is C27H28N4O4. The normalized spacial score (nSPS) is 18.3. The van der Waals surface area contributed by atoms with Crippen molar-refractivity contribution in [2.24, 2.45) is 5.92 Å². The number of hydrogen-bond acceptors (Lipinski definition) is 5. The Morgan fingerprint density at radius 1 is 1.00 bits per heavy atom. The number of nitrogens with one attached hydrogen (secondary N) is 1. The van der Waals surface area contributed by atoms with E-state index in [1.54, 1.807) is 36.3 Å². The van der Waals surface area contributed by atoms with Crippen LogP contribution in [0.5, 0.6) is 5.88 Å². The van der Waals surface area contributed by atoms with Crippen molar-refractivity contribution in [1.29, 1.82) is 0 Å². The minimum atomic E-state index is -0.177. The summed E-state index contributed by atoms with van der Waals surface area (Å²) < 4.78 is 5.15. The molecule has 0 aliphatic carbocycles. The standard InChI is InChI=1S/C27H28N4O4/c1-35-24-12-6-19-15-20(5-11-23(19)29-24)27(34)28-16-18-14-26(33)31(17-18)22-9-7-21(8-10-22)30-13-3-2-4-25(30)32/h5-12,15,18H,2-4,13-14,16-17H2,1H3,(H,28,34). The highest BCUT2D eigenvalue weighted by molar-refractivity contribution is 5.99. The van der Waals surface area contributed by atoms with Crippen molar-refractivity contribution in [2.45, 2.75) is 25.7 Å². The third-order valence-corrected chi connectivity index (χ3v) is 6.69. The van der Waals surface area contributed by atoms with Gasteiger partial charge in [-0.05, 0) is 61.4 Å². The molecule has 0 saturated carbocycles. The van der Waals surface area contributed by atoms with Gasteiger partial charge in [0.1, 0.15) is 0 Å². The first-order valence-electron chi connectivity index (χ1n) is 12.0. The molecule has 2 aliphatic heterocycles. The zero-order valence-corrected chi connectivity index (χ0v) is 19.7. The molecule has 2 fully saturated rings. The molecule has 180 valence electrons. The first-order chi connectivity index (χ1) is 17.0. The van der Waals surface area contributed by atoms with E-state index in [2.05, 4.69) is 10.3 Å². The van der Waals surface area contributed by atoms with Gasteiger partial charge in [-0.25, -0.2) is 4.98 Å². The molecule has 1 atom stereocenters. The average molecular weight is 473 g/mol. The molecule has 2 aromatic carbocycles. The van der Waals surface area contributed by atoms with Gasteiger partial charge in [-0.2, -0.15) is 0 Å². The lowest BCUT2D eigenvalue weighted by molar-refractivity contribution is -0.119. The largest absolute Gasteiger partial charge is 0.481 e. The first-order valence-corrected chi connectivity index (χ1v) is 12.0. The van der Waals surface area contributed by atoms with Gasteiger partial charge in [0.05, 0.1) is 12.6 Å². The van der Waals surface area contributed by atoms with Crippen LogP contribution in [0.25, 0.3) is 10.9 Å². The number of piperidine rings is 1. The van der Waals surface area contributed by atoms with Crippen LogP contribution >= 0.6 is 0 Å². The number of methoxy groups -OCH3 is 1. The van der Waals surface area contributed by atoms with Crippen LogP contribution in [0.15, 0.2) is 54.6 Å². The number of nitrogens with zero attached hydrogens (tertiary/aromatic N) is 3. The monoisotopic (exact) mass is 472 g/mol. The van der Waals surface area contributed by atoms with Gasteiger partial charge in [0.25, 0.3) is 5.91 Å². The van der Waals surface area contributed by atoms with E-state index >= 15 is 0 Å². The lowest BCUT2D eigenvalue weighted by atomic mass is 10.1. The summed E-state index contributed by atoms with van der Waals surface area (Å²) in [6, 6.07) is 16.6. The van der Waals surface area contributed by atoms with Crippen molar-refractivity contribution >= 4 is 40.0 Å². The molecule has 0 radical (unpaired) electrons. The second kappa shape index (κ2) is 9.74. The summed E-state index contributed by atoms with van der Waals surface area (Å²) >= 11 is 0. The highest BCUT2D eigenvalue weighted by Crippen LogP contribution is 2.28. The zero-order chi connectivity index (χ0) is 24.4. The van der Waals surface area contributed by atoms with E-state index in [9.17, 15) is 14.4 Å². The van der Waals surface area contributed by atoms with Crippen LogP contribution in [0.4, 0.5) is 11.4 Å². The molecule has 0 bridgehead atoms. The minimum Gasteiger partial charge on any atom is -0.481 e. The summed E-state index contributed by atoms with van der Waals surface area (Å²) in [6.07, 6.45) is 2.93. The van der Waals surface area contributed by atoms with Gasteiger partial charge in [0.15, 0.2) is 0 Å². The van der Waals surface area contributed by atoms with E-state index in [0.29, 0.717) is 37.4 Å². The van der Waals surface area contributed by atoms with Crippen LogP contribution in [0.2, 0.25) is 0 Å². The van der Waals surface area contributed by atoms with E-state index in [1.165, 1.54) is 0 Å². The van der Waals surface area contributed by atoms with Gasteiger partial charge in [0.2, 0.25) is 17.7 Å². The maximum atomic E-state index is 12.7. The lowest BCUT2D eigenvalue weighted by Gasteiger charge is -2.27. The maximum absolute atomic E-state index is 12.7. The molecule has 1 aromatic heterocycles. The van der Waals surface area contributed by atoms with Crippen LogP contribution in [0.1, 0.15) is 36.0 Å². The van der Waals surface area contributed by atoms with E-state index in [-0.39, 0.29) is 23.6 Å². The SMILES string of the molecule is COc1ccc2cc(C(=O)NCC3CC(=O)N(c4ccc(N5CCCCC5=O)cc4)C3)ccc2n1. The molecule has 35 heavy (non-hydrogen) atoms. The molecule has 2 saturated heterocycles. The Hall–Kier alpha value is -3.94. The Bertz CT molecular complexity index is 1270. The second-order valence-corrected chi connectivity index (χ2v) is 9.06. The average Bonchev–Trinajstić information content (AvgIpc) is 3.27. The summed E-state index contributed by atoms with van der Waals surface area (Å²) in [4.78, 5) is 45.5. The van der Waals surface area contributed by atoms with Gasteiger partial charge < -0.3 is 19.9 Å². The Morgan fingerprint density at radius 2 is 1.77 bits per heavy atom. The summed E-state index contributed by atoms with van der Waals surface area (Å²) in [5.74, 6) is 0.571.